The summed E-state index contributed by atoms with van der Waals surface area (Å²) < 4.78 is 0. The molecule has 0 saturated carbocycles. The van der Waals surface area contributed by atoms with E-state index < -0.39 is 0 Å². The minimum Gasteiger partial charge on any atom is -0.133 e. The second-order valence-electron chi connectivity index (χ2n) is 5.25. The first-order valence-corrected chi connectivity index (χ1v) is 8.50. The molecule has 0 fully saturated rings. The zero-order chi connectivity index (χ0) is 14.0. The SMILES string of the molecule is Cc1[pH]c(C)c(C)c1C.Cc1[pH]c(C)c(C)c1C.[Fe]. The molecule has 0 aromatic carbocycles. The minimum atomic E-state index is 0. The van der Waals surface area contributed by atoms with Gasteiger partial charge in [0.25, 0.3) is 0 Å². The van der Waals surface area contributed by atoms with E-state index in [2.05, 4.69) is 55.4 Å². The first-order valence-electron chi connectivity index (χ1n) is 6.50. The molecule has 108 valence electrons. The van der Waals surface area contributed by atoms with Crippen LogP contribution in [0.3, 0.4) is 0 Å². The molecule has 0 aliphatic carbocycles. The molecule has 0 N–H and O–H groups in total. The molecule has 0 amide bonds. The number of rotatable bonds is 0. The van der Waals surface area contributed by atoms with E-state index in [0.29, 0.717) is 0 Å². The molecule has 19 heavy (non-hydrogen) atoms. The Kier molecular flexibility index (Phi) is 7.79. The van der Waals surface area contributed by atoms with Crippen molar-refractivity contribution >= 4 is 16.4 Å². The van der Waals surface area contributed by atoms with Crippen molar-refractivity contribution < 1.29 is 17.1 Å². The van der Waals surface area contributed by atoms with E-state index in [9.17, 15) is 0 Å². The molecular weight excluding hydrogens is 310 g/mol. The van der Waals surface area contributed by atoms with Gasteiger partial charge in [-0.15, -0.1) is 16.4 Å². The largest absolute Gasteiger partial charge is 0.133 e. The first kappa shape index (κ1) is 19.1. The molecule has 0 aliphatic rings. The second-order valence-corrected chi connectivity index (χ2v) is 8.75. The fourth-order valence-electron chi connectivity index (χ4n) is 2.06. The molecule has 0 spiro atoms. The monoisotopic (exact) mass is 336 g/mol. The van der Waals surface area contributed by atoms with Crippen LogP contribution in [0.2, 0.25) is 0 Å². The normalized spacial score (nSPS) is 9.68. The maximum atomic E-state index is 2.23. The van der Waals surface area contributed by atoms with Gasteiger partial charge in [0.2, 0.25) is 0 Å². The summed E-state index contributed by atoms with van der Waals surface area (Å²) in [4.78, 5) is 0. The predicted octanol–water partition coefficient (Wildman–Crippen LogP) is 5.90. The Morgan fingerprint density at radius 3 is 0.632 bits per heavy atom. The van der Waals surface area contributed by atoms with Crippen molar-refractivity contribution in [2.45, 2.75) is 55.4 Å². The van der Waals surface area contributed by atoms with Crippen LogP contribution in [0.25, 0.3) is 0 Å². The third-order valence-electron chi connectivity index (χ3n) is 4.12. The van der Waals surface area contributed by atoms with Crippen LogP contribution in [-0.2, 0) is 17.1 Å². The van der Waals surface area contributed by atoms with Gasteiger partial charge in [0, 0.05) is 17.1 Å². The molecule has 2 heterocycles. The van der Waals surface area contributed by atoms with Gasteiger partial charge in [0.15, 0.2) is 0 Å². The van der Waals surface area contributed by atoms with Gasteiger partial charge in [-0.25, -0.2) is 0 Å². The molecule has 0 atom stereocenters. The Bertz CT molecular complexity index is 452. The van der Waals surface area contributed by atoms with E-state index in [-0.39, 0.29) is 17.1 Å². The fraction of sp³-hybridized carbons (Fsp3) is 0.500. The van der Waals surface area contributed by atoms with Crippen molar-refractivity contribution in [1.82, 2.24) is 0 Å². The molecule has 0 unspecified atom stereocenters. The van der Waals surface area contributed by atoms with Crippen LogP contribution in [0.15, 0.2) is 0 Å². The maximum Gasteiger partial charge on any atom is 0 e. The summed E-state index contributed by atoms with van der Waals surface area (Å²) >= 11 is 0. The van der Waals surface area contributed by atoms with E-state index in [4.69, 9.17) is 0 Å². The van der Waals surface area contributed by atoms with Gasteiger partial charge < -0.3 is 0 Å². The summed E-state index contributed by atoms with van der Waals surface area (Å²) in [5.41, 5.74) is 6.08. The molecule has 0 bridgehead atoms. The molecule has 2 rings (SSSR count). The minimum absolute atomic E-state index is 0. The molecular formula is C16H26FeP2. The summed E-state index contributed by atoms with van der Waals surface area (Å²) in [5.74, 6) is 0. The standard InChI is InChI=1S/2C8H13P.Fe/c2*1-5-6(2)8(4)9-7(5)3;/h2*9H,1-4H3;. The summed E-state index contributed by atoms with van der Waals surface area (Å²) in [6.45, 7) is 17.8. The van der Waals surface area contributed by atoms with Crippen molar-refractivity contribution in [2.75, 3.05) is 0 Å². The van der Waals surface area contributed by atoms with Gasteiger partial charge in [0.1, 0.15) is 0 Å². The van der Waals surface area contributed by atoms with Crippen molar-refractivity contribution in [3.05, 3.63) is 43.4 Å². The molecule has 0 aliphatic heterocycles. The zero-order valence-electron chi connectivity index (χ0n) is 13.4. The fourth-order valence-corrected chi connectivity index (χ4v) is 4.69. The Morgan fingerprint density at radius 1 is 0.421 bits per heavy atom. The van der Waals surface area contributed by atoms with Crippen LogP contribution in [0, 0.1) is 55.4 Å². The molecule has 0 radical (unpaired) electrons. The quantitative estimate of drug-likeness (QED) is 0.525. The first-order chi connectivity index (χ1) is 8.25. The predicted molar refractivity (Wildman–Crippen MR) is 89.8 cm³/mol. The second kappa shape index (κ2) is 7.75. The number of hydrogen-bond donors (Lipinski definition) is 0. The Labute approximate surface area is 132 Å². The van der Waals surface area contributed by atoms with Crippen molar-refractivity contribution in [3.8, 4) is 0 Å². The van der Waals surface area contributed by atoms with Crippen LogP contribution in [-0.4, -0.2) is 0 Å². The Morgan fingerprint density at radius 2 is 0.579 bits per heavy atom. The van der Waals surface area contributed by atoms with Gasteiger partial charge in [-0.1, -0.05) is 0 Å². The van der Waals surface area contributed by atoms with Crippen LogP contribution in [0.4, 0.5) is 0 Å². The van der Waals surface area contributed by atoms with E-state index in [1.165, 1.54) is 22.3 Å². The van der Waals surface area contributed by atoms with E-state index >= 15 is 0 Å². The summed E-state index contributed by atoms with van der Waals surface area (Å²) in [5, 5.41) is 6.30. The van der Waals surface area contributed by atoms with Gasteiger partial charge in [-0.2, -0.15) is 0 Å². The van der Waals surface area contributed by atoms with Crippen LogP contribution >= 0.6 is 16.4 Å². The average molecular weight is 336 g/mol. The third-order valence-corrected chi connectivity index (χ3v) is 7.12. The average Bonchev–Trinajstić information content (AvgIpc) is 2.66. The molecule has 3 heteroatoms. The Hall–Kier alpha value is 0.0795. The van der Waals surface area contributed by atoms with Crippen LogP contribution in [0.1, 0.15) is 43.4 Å². The molecule has 2 aromatic rings. The number of aryl methyl sites for hydroxylation is 4. The third kappa shape index (κ3) is 4.54. The Balaban J connectivity index is 0.000000324. The van der Waals surface area contributed by atoms with Crippen molar-refractivity contribution in [3.63, 3.8) is 0 Å². The van der Waals surface area contributed by atoms with E-state index in [1.54, 1.807) is 21.2 Å². The van der Waals surface area contributed by atoms with Gasteiger partial charge in [0.05, 0.1) is 0 Å². The van der Waals surface area contributed by atoms with Crippen LogP contribution in [0.5, 0.6) is 0 Å². The van der Waals surface area contributed by atoms with Gasteiger partial charge in [-0.05, 0) is 98.8 Å². The van der Waals surface area contributed by atoms with Crippen molar-refractivity contribution in [2.24, 2.45) is 0 Å². The van der Waals surface area contributed by atoms with E-state index in [0.717, 1.165) is 16.4 Å². The number of hydrogen-bond acceptors (Lipinski definition) is 0. The zero-order valence-corrected chi connectivity index (χ0v) is 16.5. The topological polar surface area (TPSA) is 0 Å². The molecule has 2 aromatic heterocycles. The van der Waals surface area contributed by atoms with Gasteiger partial charge >= 0.3 is 0 Å². The molecule has 0 nitrogen and oxygen atoms in total. The summed E-state index contributed by atoms with van der Waals surface area (Å²) in [7, 11) is 1.95. The summed E-state index contributed by atoms with van der Waals surface area (Å²) in [6, 6.07) is 0. The molecule has 0 saturated heterocycles. The van der Waals surface area contributed by atoms with Crippen LogP contribution < -0.4 is 0 Å². The van der Waals surface area contributed by atoms with Crippen molar-refractivity contribution in [1.29, 1.82) is 0 Å². The maximum absolute atomic E-state index is 2.23. The smallest absolute Gasteiger partial charge is 0 e. The van der Waals surface area contributed by atoms with Gasteiger partial charge in [-0.3, -0.25) is 0 Å². The summed E-state index contributed by atoms with van der Waals surface area (Å²) in [6.07, 6.45) is 0. The van der Waals surface area contributed by atoms with E-state index in [1.807, 2.05) is 0 Å².